The van der Waals surface area contributed by atoms with Gasteiger partial charge in [-0.1, -0.05) is 6.08 Å². The van der Waals surface area contributed by atoms with Crippen LogP contribution >= 0.6 is 0 Å². The minimum atomic E-state index is -0.537. The van der Waals surface area contributed by atoms with Gasteiger partial charge in [0.2, 0.25) is 0 Å². The molecule has 0 N–H and O–H groups in total. The van der Waals surface area contributed by atoms with E-state index in [4.69, 9.17) is 9.47 Å². The number of hydrogen-bond acceptors (Lipinski definition) is 4. The van der Waals surface area contributed by atoms with Gasteiger partial charge in [0.15, 0.2) is 5.79 Å². The zero-order chi connectivity index (χ0) is 16.0. The highest BCUT2D eigenvalue weighted by Gasteiger charge is 2.74. The van der Waals surface area contributed by atoms with E-state index < -0.39 is 5.79 Å². The number of hydrogen-bond donors (Lipinski definition) is 0. The fraction of sp³-hybridized carbons (Fsp3) is 0.556. The molecule has 120 valence electrons. The Hall–Kier alpha value is -1.72. The summed E-state index contributed by atoms with van der Waals surface area (Å²) in [5.74, 6) is -0.0256. The lowest BCUT2D eigenvalue weighted by Crippen LogP contribution is -2.31. The molecular weight excluding hydrogens is 290 g/mol. The second-order valence-electron chi connectivity index (χ2n) is 7.56. The van der Waals surface area contributed by atoms with Crippen molar-refractivity contribution in [2.24, 2.45) is 11.3 Å². The third kappa shape index (κ3) is 1.59. The minimum absolute atomic E-state index is 0.0487. The molecule has 23 heavy (non-hydrogen) atoms. The Morgan fingerprint density at radius 2 is 2.17 bits per heavy atom. The van der Waals surface area contributed by atoms with Gasteiger partial charge in [0.1, 0.15) is 18.1 Å². The number of nitrogens with zero attached hydrogens (tertiary/aromatic N) is 3. The van der Waals surface area contributed by atoms with Gasteiger partial charge in [0.05, 0.1) is 17.8 Å². The second-order valence-corrected chi connectivity index (χ2v) is 7.56. The molecule has 2 aromatic heterocycles. The maximum atomic E-state index is 6.28. The molecule has 1 aliphatic heterocycles. The van der Waals surface area contributed by atoms with Gasteiger partial charge in [-0.3, -0.25) is 0 Å². The summed E-state index contributed by atoms with van der Waals surface area (Å²) < 4.78 is 14.8. The lowest BCUT2D eigenvalue weighted by atomic mass is 10.00. The number of aromatic nitrogens is 3. The predicted molar refractivity (Wildman–Crippen MR) is 85.9 cm³/mol. The van der Waals surface area contributed by atoms with Crippen molar-refractivity contribution in [1.82, 2.24) is 14.5 Å². The van der Waals surface area contributed by atoms with E-state index in [1.165, 1.54) is 0 Å². The average Bonchev–Trinajstić information content (AvgIpc) is 2.78. The zero-order valence-electron chi connectivity index (χ0n) is 13.7. The van der Waals surface area contributed by atoms with Crippen LogP contribution in [0.2, 0.25) is 0 Å². The molecule has 5 nitrogen and oxygen atoms in total. The summed E-state index contributed by atoms with van der Waals surface area (Å²) in [7, 11) is 0. The molecule has 0 spiro atoms. The molecule has 5 heteroatoms. The zero-order valence-corrected chi connectivity index (χ0v) is 13.7. The molecule has 0 aromatic carbocycles. The van der Waals surface area contributed by atoms with Crippen LogP contribution in [0.5, 0.6) is 0 Å². The third-order valence-corrected chi connectivity index (χ3v) is 5.92. The normalized spacial score (nSPS) is 40.1. The fourth-order valence-corrected chi connectivity index (χ4v) is 4.81. The first-order valence-electron chi connectivity index (χ1n) is 8.24. The maximum Gasteiger partial charge on any atom is 0.163 e. The van der Waals surface area contributed by atoms with Crippen LogP contribution < -0.4 is 0 Å². The van der Waals surface area contributed by atoms with Gasteiger partial charge in [-0.2, -0.15) is 0 Å². The van der Waals surface area contributed by atoms with Crippen LogP contribution in [-0.2, 0) is 9.47 Å². The summed E-state index contributed by atoms with van der Waals surface area (Å²) in [5, 5.41) is 1.11. The van der Waals surface area contributed by atoms with Gasteiger partial charge in [-0.15, -0.1) is 6.58 Å². The van der Waals surface area contributed by atoms with Crippen molar-refractivity contribution in [3.63, 3.8) is 0 Å². The van der Waals surface area contributed by atoms with E-state index in [-0.39, 0.29) is 23.7 Å². The van der Waals surface area contributed by atoms with E-state index in [2.05, 4.69) is 39.5 Å². The summed E-state index contributed by atoms with van der Waals surface area (Å²) in [5.41, 5.74) is 2.06. The Morgan fingerprint density at radius 1 is 1.35 bits per heavy atom. The average molecular weight is 311 g/mol. The van der Waals surface area contributed by atoms with Gasteiger partial charge < -0.3 is 14.0 Å². The van der Waals surface area contributed by atoms with Gasteiger partial charge in [0.25, 0.3) is 0 Å². The molecule has 3 heterocycles. The van der Waals surface area contributed by atoms with Crippen molar-refractivity contribution in [1.29, 1.82) is 0 Å². The van der Waals surface area contributed by atoms with Gasteiger partial charge in [0, 0.05) is 17.0 Å². The van der Waals surface area contributed by atoms with Crippen molar-refractivity contribution < 1.29 is 9.47 Å². The lowest BCUT2D eigenvalue weighted by Gasteiger charge is -2.24. The predicted octanol–water partition coefficient (Wildman–Crippen LogP) is 3.01. The molecule has 3 fully saturated rings. The molecule has 2 aromatic rings. The Balaban J connectivity index is 1.65. The van der Waals surface area contributed by atoms with Crippen LogP contribution in [-0.4, -0.2) is 32.5 Å². The molecule has 5 atom stereocenters. The highest BCUT2D eigenvalue weighted by Crippen LogP contribution is 2.72. The quantitative estimate of drug-likeness (QED) is 0.800. The largest absolute Gasteiger partial charge is 0.344 e. The molecule has 0 unspecified atom stereocenters. The third-order valence-electron chi connectivity index (χ3n) is 5.92. The summed E-state index contributed by atoms with van der Waals surface area (Å²) in [6.45, 7) is 10.1. The van der Waals surface area contributed by atoms with Gasteiger partial charge in [-0.25, -0.2) is 9.97 Å². The second kappa shape index (κ2) is 4.02. The number of ether oxygens (including phenoxy) is 2. The van der Waals surface area contributed by atoms with E-state index in [0.717, 1.165) is 23.1 Å². The van der Waals surface area contributed by atoms with Crippen molar-refractivity contribution in [3.8, 4) is 0 Å². The molecule has 2 aliphatic carbocycles. The van der Waals surface area contributed by atoms with Crippen molar-refractivity contribution in [2.75, 3.05) is 0 Å². The minimum Gasteiger partial charge on any atom is -0.344 e. The summed E-state index contributed by atoms with van der Waals surface area (Å²) in [4.78, 5) is 8.83. The molecule has 1 saturated heterocycles. The molecule has 0 radical (unpaired) electrons. The first-order valence-corrected chi connectivity index (χ1v) is 8.24. The van der Waals surface area contributed by atoms with Crippen molar-refractivity contribution in [2.45, 2.75) is 51.2 Å². The Morgan fingerprint density at radius 3 is 2.96 bits per heavy atom. The monoisotopic (exact) mass is 311 g/mol. The maximum absolute atomic E-state index is 6.28. The van der Waals surface area contributed by atoms with Crippen molar-refractivity contribution in [3.05, 3.63) is 36.9 Å². The topological polar surface area (TPSA) is 49.2 Å². The van der Waals surface area contributed by atoms with E-state index >= 15 is 0 Å². The van der Waals surface area contributed by atoms with Crippen LogP contribution in [0.3, 0.4) is 0 Å². The van der Waals surface area contributed by atoms with Crippen LogP contribution in [0.15, 0.2) is 31.2 Å². The molecule has 2 saturated carbocycles. The number of rotatable bonds is 2. The van der Waals surface area contributed by atoms with Crippen LogP contribution in [0.25, 0.3) is 11.0 Å². The summed E-state index contributed by atoms with van der Waals surface area (Å²) >= 11 is 0. The number of fused-ring (bicyclic) bond motifs is 4. The fourth-order valence-electron chi connectivity index (χ4n) is 4.81. The summed E-state index contributed by atoms with van der Waals surface area (Å²) in [6, 6.07) is 2.35. The molecule has 3 aliphatic rings. The first-order chi connectivity index (χ1) is 11.0. The highest BCUT2D eigenvalue weighted by atomic mass is 16.8. The molecule has 5 rings (SSSR count). The van der Waals surface area contributed by atoms with Crippen LogP contribution in [0.1, 0.15) is 32.0 Å². The Bertz CT molecular complexity index is 827. The highest BCUT2D eigenvalue weighted by molar-refractivity contribution is 5.78. The molecule has 0 bridgehead atoms. The van der Waals surface area contributed by atoms with E-state index in [0.29, 0.717) is 5.92 Å². The SMILES string of the molecule is C=C[C@@]12C[C@@H]1[C@H](n1ccc3c(C)ncnc31)[C@@H]1OC(C)(C)O[C@H]12. The summed E-state index contributed by atoms with van der Waals surface area (Å²) in [6.07, 6.45) is 7.11. The van der Waals surface area contributed by atoms with Gasteiger partial charge >= 0.3 is 0 Å². The first kappa shape index (κ1) is 13.7. The molecule has 0 amide bonds. The van der Waals surface area contributed by atoms with Crippen molar-refractivity contribution >= 4 is 11.0 Å². The van der Waals surface area contributed by atoms with E-state index in [1.54, 1.807) is 6.33 Å². The Labute approximate surface area is 135 Å². The standard InChI is InChI=1S/C18H21N3O2/c1-5-18-8-12(18)13(14-15(18)23-17(3,4)22-14)21-7-6-11-10(2)19-9-20-16(11)21/h5-7,9,12-15H,1,8H2,2-4H3/t12-,13+,14+,15-,18-/m1/s1. The van der Waals surface area contributed by atoms with E-state index in [9.17, 15) is 0 Å². The van der Waals surface area contributed by atoms with Crippen LogP contribution in [0.4, 0.5) is 0 Å². The van der Waals surface area contributed by atoms with Crippen LogP contribution in [0, 0.1) is 18.3 Å². The lowest BCUT2D eigenvalue weighted by molar-refractivity contribution is -0.159. The number of aryl methyl sites for hydroxylation is 1. The smallest absolute Gasteiger partial charge is 0.163 e. The van der Waals surface area contributed by atoms with Gasteiger partial charge in [-0.05, 0) is 39.2 Å². The van der Waals surface area contributed by atoms with E-state index in [1.807, 2.05) is 20.8 Å². The molecular formula is C18H21N3O2. The Kier molecular flexibility index (Phi) is 2.40.